The molecule has 1 heterocycles. The molecule has 2 rings (SSSR count). The van der Waals surface area contributed by atoms with Crippen molar-refractivity contribution in [1.82, 2.24) is 4.90 Å². The van der Waals surface area contributed by atoms with E-state index in [4.69, 9.17) is 4.74 Å². The highest BCUT2D eigenvalue weighted by Crippen LogP contribution is 2.24. The van der Waals surface area contributed by atoms with Crippen LogP contribution in [0, 0.1) is 5.92 Å². The van der Waals surface area contributed by atoms with Crippen molar-refractivity contribution in [2.75, 3.05) is 20.3 Å². The van der Waals surface area contributed by atoms with Gasteiger partial charge < -0.3 is 14.7 Å². The predicted octanol–water partition coefficient (Wildman–Crippen LogP) is 1.93. The molecule has 4 heteroatoms. The van der Waals surface area contributed by atoms with Gasteiger partial charge in [-0.2, -0.15) is 0 Å². The van der Waals surface area contributed by atoms with Gasteiger partial charge in [0.1, 0.15) is 5.75 Å². The first-order valence-corrected chi connectivity index (χ1v) is 6.71. The maximum atomic E-state index is 12.5. The molecule has 2 atom stereocenters. The summed E-state index contributed by atoms with van der Waals surface area (Å²) in [5, 5.41) is 9.26. The van der Waals surface area contributed by atoms with E-state index in [1.54, 1.807) is 31.4 Å². The molecular formula is C15H21NO3. The molecule has 0 bridgehead atoms. The van der Waals surface area contributed by atoms with E-state index >= 15 is 0 Å². The van der Waals surface area contributed by atoms with Gasteiger partial charge in [-0.1, -0.05) is 0 Å². The van der Waals surface area contributed by atoms with Gasteiger partial charge in [-0.15, -0.1) is 0 Å². The highest BCUT2D eigenvalue weighted by atomic mass is 16.5. The molecule has 1 amide bonds. The number of piperidine rings is 1. The fourth-order valence-electron chi connectivity index (χ4n) is 2.51. The lowest BCUT2D eigenvalue weighted by molar-refractivity contribution is 0.0489. The smallest absolute Gasteiger partial charge is 0.254 e. The second kappa shape index (κ2) is 6.06. The molecule has 104 valence electrons. The third kappa shape index (κ3) is 3.07. The topological polar surface area (TPSA) is 49.8 Å². The predicted molar refractivity (Wildman–Crippen MR) is 73.3 cm³/mol. The summed E-state index contributed by atoms with van der Waals surface area (Å²) in [6.07, 6.45) is 1.94. The van der Waals surface area contributed by atoms with Gasteiger partial charge in [-0.05, 0) is 49.9 Å². The summed E-state index contributed by atoms with van der Waals surface area (Å²) in [6, 6.07) is 7.40. The van der Waals surface area contributed by atoms with E-state index in [-0.39, 0.29) is 24.5 Å². The maximum Gasteiger partial charge on any atom is 0.254 e. The van der Waals surface area contributed by atoms with Crippen molar-refractivity contribution in [1.29, 1.82) is 0 Å². The number of benzene rings is 1. The fourth-order valence-corrected chi connectivity index (χ4v) is 2.51. The molecular weight excluding hydrogens is 242 g/mol. The molecule has 0 radical (unpaired) electrons. The third-order valence-electron chi connectivity index (χ3n) is 3.84. The quantitative estimate of drug-likeness (QED) is 0.906. The van der Waals surface area contributed by atoms with Crippen LogP contribution in [-0.4, -0.2) is 42.2 Å². The summed E-state index contributed by atoms with van der Waals surface area (Å²) >= 11 is 0. The second-order valence-electron chi connectivity index (χ2n) is 5.16. The van der Waals surface area contributed by atoms with Crippen molar-refractivity contribution in [3.63, 3.8) is 0 Å². The van der Waals surface area contributed by atoms with Gasteiger partial charge in [0.25, 0.3) is 5.91 Å². The molecule has 0 aliphatic carbocycles. The Morgan fingerprint density at radius 3 is 2.63 bits per heavy atom. The number of carbonyl (C=O) groups is 1. The standard InChI is InChI=1S/C15H21NO3/c1-11-3-4-12(10-17)9-16(11)15(18)13-5-7-14(19-2)8-6-13/h5-8,11-12,17H,3-4,9-10H2,1-2H3. The Hall–Kier alpha value is -1.55. The van der Waals surface area contributed by atoms with E-state index in [9.17, 15) is 9.90 Å². The van der Waals surface area contributed by atoms with Crippen LogP contribution in [0.2, 0.25) is 0 Å². The number of amides is 1. The number of aliphatic hydroxyl groups is 1. The van der Waals surface area contributed by atoms with E-state index in [0.717, 1.165) is 18.6 Å². The maximum absolute atomic E-state index is 12.5. The first kappa shape index (κ1) is 13.9. The van der Waals surface area contributed by atoms with Crippen LogP contribution in [0.3, 0.4) is 0 Å². The van der Waals surface area contributed by atoms with Crippen LogP contribution in [0.25, 0.3) is 0 Å². The number of ether oxygens (including phenoxy) is 1. The Bertz CT molecular complexity index is 430. The van der Waals surface area contributed by atoms with Gasteiger partial charge >= 0.3 is 0 Å². The molecule has 1 saturated heterocycles. The summed E-state index contributed by atoms with van der Waals surface area (Å²) in [5.41, 5.74) is 0.672. The Kier molecular flexibility index (Phi) is 4.43. The van der Waals surface area contributed by atoms with Crippen LogP contribution in [0.1, 0.15) is 30.1 Å². The van der Waals surface area contributed by atoms with Gasteiger partial charge in [0, 0.05) is 24.8 Å². The number of carbonyl (C=O) groups excluding carboxylic acids is 1. The van der Waals surface area contributed by atoms with Crippen molar-refractivity contribution >= 4 is 5.91 Å². The summed E-state index contributed by atoms with van der Waals surface area (Å²) < 4.78 is 5.09. The third-order valence-corrected chi connectivity index (χ3v) is 3.84. The summed E-state index contributed by atoms with van der Waals surface area (Å²) in [6.45, 7) is 2.86. The number of likely N-dealkylation sites (tertiary alicyclic amines) is 1. The van der Waals surface area contributed by atoms with E-state index in [1.807, 2.05) is 4.90 Å². The average Bonchev–Trinajstić information content (AvgIpc) is 2.47. The summed E-state index contributed by atoms with van der Waals surface area (Å²) in [7, 11) is 1.61. The van der Waals surface area contributed by atoms with Crippen molar-refractivity contribution in [3.05, 3.63) is 29.8 Å². The van der Waals surface area contributed by atoms with Crippen LogP contribution >= 0.6 is 0 Å². The Morgan fingerprint density at radius 1 is 1.37 bits per heavy atom. The molecule has 4 nitrogen and oxygen atoms in total. The SMILES string of the molecule is COc1ccc(C(=O)N2CC(CO)CCC2C)cc1. The Morgan fingerprint density at radius 2 is 2.05 bits per heavy atom. The van der Waals surface area contributed by atoms with Gasteiger partial charge in [-0.3, -0.25) is 4.79 Å². The van der Waals surface area contributed by atoms with Crippen molar-refractivity contribution in [2.24, 2.45) is 5.92 Å². The molecule has 0 spiro atoms. The molecule has 1 N–H and O–H groups in total. The molecule has 1 aromatic rings. The van der Waals surface area contributed by atoms with Crippen LogP contribution in [0.4, 0.5) is 0 Å². The zero-order valence-corrected chi connectivity index (χ0v) is 11.5. The van der Waals surface area contributed by atoms with Crippen LogP contribution in [-0.2, 0) is 0 Å². The van der Waals surface area contributed by atoms with Crippen molar-refractivity contribution in [2.45, 2.75) is 25.8 Å². The monoisotopic (exact) mass is 263 g/mol. The van der Waals surface area contributed by atoms with E-state index in [2.05, 4.69) is 6.92 Å². The molecule has 1 aliphatic rings. The van der Waals surface area contributed by atoms with E-state index < -0.39 is 0 Å². The molecule has 1 aromatic carbocycles. The van der Waals surface area contributed by atoms with Gasteiger partial charge in [-0.25, -0.2) is 0 Å². The molecule has 1 fully saturated rings. The summed E-state index contributed by atoms with van der Waals surface area (Å²) in [5.74, 6) is 0.989. The lowest BCUT2D eigenvalue weighted by atomic mass is 9.93. The van der Waals surface area contributed by atoms with Gasteiger partial charge in [0.15, 0.2) is 0 Å². The van der Waals surface area contributed by atoms with Crippen molar-refractivity contribution < 1.29 is 14.6 Å². The van der Waals surface area contributed by atoms with Crippen LogP contribution < -0.4 is 4.74 Å². The molecule has 2 unspecified atom stereocenters. The summed E-state index contributed by atoms with van der Waals surface area (Å²) in [4.78, 5) is 14.3. The van der Waals surface area contributed by atoms with Gasteiger partial charge in [0.05, 0.1) is 7.11 Å². The number of hydrogen-bond donors (Lipinski definition) is 1. The number of nitrogens with zero attached hydrogens (tertiary/aromatic N) is 1. The van der Waals surface area contributed by atoms with Crippen LogP contribution in [0.15, 0.2) is 24.3 Å². The lowest BCUT2D eigenvalue weighted by Crippen LogP contribution is -2.46. The number of aliphatic hydroxyl groups excluding tert-OH is 1. The molecule has 19 heavy (non-hydrogen) atoms. The van der Waals surface area contributed by atoms with E-state index in [0.29, 0.717) is 12.1 Å². The zero-order chi connectivity index (χ0) is 13.8. The normalized spacial score (nSPS) is 23.2. The Labute approximate surface area is 114 Å². The first-order valence-electron chi connectivity index (χ1n) is 6.71. The molecule has 1 aliphatic heterocycles. The minimum atomic E-state index is 0.0355. The minimum Gasteiger partial charge on any atom is -0.497 e. The highest BCUT2D eigenvalue weighted by Gasteiger charge is 2.29. The molecule has 0 saturated carbocycles. The number of rotatable bonds is 3. The zero-order valence-electron chi connectivity index (χ0n) is 11.5. The van der Waals surface area contributed by atoms with Gasteiger partial charge in [0.2, 0.25) is 0 Å². The number of methoxy groups -OCH3 is 1. The van der Waals surface area contributed by atoms with E-state index in [1.165, 1.54) is 0 Å². The largest absolute Gasteiger partial charge is 0.497 e. The highest BCUT2D eigenvalue weighted by molar-refractivity contribution is 5.94. The lowest BCUT2D eigenvalue weighted by Gasteiger charge is -2.37. The van der Waals surface area contributed by atoms with Crippen molar-refractivity contribution in [3.8, 4) is 5.75 Å². The fraction of sp³-hybridized carbons (Fsp3) is 0.533. The molecule has 0 aromatic heterocycles. The Balaban J connectivity index is 2.12. The number of hydrogen-bond acceptors (Lipinski definition) is 3. The van der Waals surface area contributed by atoms with Crippen LogP contribution in [0.5, 0.6) is 5.75 Å². The first-order chi connectivity index (χ1) is 9.15. The second-order valence-corrected chi connectivity index (χ2v) is 5.16. The minimum absolute atomic E-state index is 0.0355. The average molecular weight is 263 g/mol.